The van der Waals surface area contributed by atoms with Gasteiger partial charge in [-0.25, -0.2) is 4.98 Å². The van der Waals surface area contributed by atoms with E-state index in [9.17, 15) is 21.6 Å². The molecule has 10 heteroatoms. The van der Waals surface area contributed by atoms with Gasteiger partial charge >= 0.3 is 15.6 Å². The summed E-state index contributed by atoms with van der Waals surface area (Å²) < 4.78 is 70.1. The van der Waals surface area contributed by atoms with Crippen LogP contribution in [0.5, 0.6) is 5.75 Å². The van der Waals surface area contributed by atoms with E-state index in [-0.39, 0.29) is 0 Å². The minimum Gasteiger partial charge on any atom is -0.376 e. The summed E-state index contributed by atoms with van der Waals surface area (Å²) in [7, 11) is -5.77. The van der Waals surface area contributed by atoms with Crippen molar-refractivity contribution in [2.24, 2.45) is 0 Å². The van der Waals surface area contributed by atoms with Gasteiger partial charge in [0.15, 0.2) is 5.65 Å². The van der Waals surface area contributed by atoms with Gasteiger partial charge in [-0.05, 0) is 52.1 Å². The molecule has 0 fully saturated rings. The molecule has 0 aliphatic rings. The first kappa shape index (κ1) is 25.1. The van der Waals surface area contributed by atoms with Gasteiger partial charge in [0.25, 0.3) is 0 Å². The van der Waals surface area contributed by atoms with E-state index in [1.165, 1.54) is 33.0 Å². The third-order valence-corrected chi connectivity index (χ3v) is 9.69. The van der Waals surface area contributed by atoms with E-state index in [1.54, 1.807) is 23.5 Å². The molecule has 0 saturated carbocycles. The molecule has 0 unspecified atom stereocenters. The number of nitrogens with zero attached hydrogens (tertiary/aromatic N) is 2. The quantitative estimate of drug-likeness (QED) is 0.150. The maximum absolute atomic E-state index is 12.8. The van der Waals surface area contributed by atoms with Crippen molar-refractivity contribution in [2.45, 2.75) is 5.51 Å². The number of pyridine rings is 1. The zero-order valence-electron chi connectivity index (χ0n) is 21.4. The van der Waals surface area contributed by atoms with Gasteiger partial charge in [0.1, 0.15) is 5.75 Å². The standard InChI is InChI=1S/C32H17F3N2O3S2/c33-32(34,35)42(38,39)40-21-12-9-19(10-13-21)25-17-20-6-2-4-8-23(20)28-29(25)37-16-15-24-27-22-7-3-1-5-18(22)11-14-26(27)41-30(24)31(37)36-28/h1-17H. The number of alkyl halides is 3. The zero-order chi connectivity index (χ0) is 28.8. The molecule has 0 spiro atoms. The molecular formula is C32H17F3N2O3S2. The number of imidazole rings is 1. The zero-order valence-corrected chi connectivity index (χ0v) is 23.0. The molecular weight excluding hydrogens is 581 g/mol. The van der Waals surface area contributed by atoms with Crippen LogP contribution in [-0.4, -0.2) is 23.3 Å². The molecule has 0 saturated heterocycles. The van der Waals surface area contributed by atoms with Crippen molar-refractivity contribution in [2.75, 3.05) is 0 Å². The third-order valence-electron chi connectivity index (χ3n) is 7.55. The van der Waals surface area contributed by atoms with Crippen molar-refractivity contribution < 1.29 is 25.8 Å². The van der Waals surface area contributed by atoms with Gasteiger partial charge in [-0.2, -0.15) is 21.6 Å². The van der Waals surface area contributed by atoms with Crippen LogP contribution in [0.2, 0.25) is 0 Å². The molecule has 0 radical (unpaired) electrons. The predicted molar refractivity (Wildman–Crippen MR) is 162 cm³/mol. The van der Waals surface area contributed by atoms with E-state index < -0.39 is 21.4 Å². The summed E-state index contributed by atoms with van der Waals surface area (Å²) in [6.45, 7) is 0. The van der Waals surface area contributed by atoms with Crippen LogP contribution in [0.15, 0.2) is 103 Å². The van der Waals surface area contributed by atoms with Crippen LogP contribution in [0, 0.1) is 0 Å². The second-order valence-electron chi connectivity index (χ2n) is 9.98. The Labute approximate surface area is 240 Å². The SMILES string of the molecule is O=S(=O)(Oc1ccc(-c2cc3ccccc3c3nc4c5sc6ccc7ccccc7c6c5ccn4c23)cc1)C(F)(F)F. The smallest absolute Gasteiger partial charge is 0.376 e. The van der Waals surface area contributed by atoms with Crippen molar-refractivity contribution in [3.63, 3.8) is 0 Å². The van der Waals surface area contributed by atoms with E-state index in [0.717, 1.165) is 43.1 Å². The summed E-state index contributed by atoms with van der Waals surface area (Å²) in [5.74, 6) is -0.425. The molecule has 8 rings (SSSR count). The molecule has 42 heavy (non-hydrogen) atoms. The number of thiophene rings is 1. The molecule has 0 aliphatic carbocycles. The Morgan fingerprint density at radius 1 is 0.786 bits per heavy atom. The van der Waals surface area contributed by atoms with Crippen molar-refractivity contribution in [3.05, 3.63) is 103 Å². The van der Waals surface area contributed by atoms with E-state index in [1.807, 2.05) is 48.7 Å². The highest BCUT2D eigenvalue weighted by molar-refractivity contribution is 7.88. The van der Waals surface area contributed by atoms with Gasteiger partial charge < -0.3 is 4.18 Å². The molecule has 0 atom stereocenters. The predicted octanol–water partition coefficient (Wildman–Crippen LogP) is 9.06. The Hall–Kier alpha value is -4.67. The summed E-state index contributed by atoms with van der Waals surface area (Å²) in [5, 5.41) is 6.58. The number of aromatic nitrogens is 2. The molecule has 0 N–H and O–H groups in total. The van der Waals surface area contributed by atoms with Gasteiger partial charge in [0.05, 0.1) is 15.7 Å². The molecule has 5 nitrogen and oxygen atoms in total. The molecule has 3 aromatic heterocycles. The molecule has 0 amide bonds. The number of rotatable bonds is 3. The van der Waals surface area contributed by atoms with Crippen LogP contribution in [0.3, 0.4) is 0 Å². The maximum Gasteiger partial charge on any atom is 0.534 e. The maximum atomic E-state index is 12.8. The molecule has 206 valence electrons. The highest BCUT2D eigenvalue weighted by atomic mass is 32.2. The Bertz CT molecular complexity index is 2500. The summed E-state index contributed by atoms with van der Waals surface area (Å²) in [6.07, 6.45) is 2.01. The number of hydrogen-bond donors (Lipinski definition) is 0. The Morgan fingerprint density at radius 3 is 2.26 bits per heavy atom. The van der Waals surface area contributed by atoms with Gasteiger partial charge in [0, 0.05) is 32.6 Å². The number of fused-ring (bicyclic) bond motifs is 11. The van der Waals surface area contributed by atoms with Crippen molar-refractivity contribution in [1.82, 2.24) is 9.38 Å². The summed E-state index contributed by atoms with van der Waals surface area (Å²) in [5.41, 5.74) is -1.61. The number of benzene rings is 5. The largest absolute Gasteiger partial charge is 0.534 e. The lowest BCUT2D eigenvalue weighted by Gasteiger charge is -2.11. The van der Waals surface area contributed by atoms with Crippen molar-refractivity contribution in [1.29, 1.82) is 0 Å². The first-order valence-corrected chi connectivity index (χ1v) is 15.1. The lowest BCUT2D eigenvalue weighted by Crippen LogP contribution is -2.28. The Morgan fingerprint density at radius 2 is 1.50 bits per heavy atom. The van der Waals surface area contributed by atoms with E-state index >= 15 is 0 Å². The minimum absolute atomic E-state index is 0.425. The first-order valence-electron chi connectivity index (χ1n) is 12.9. The van der Waals surface area contributed by atoms with E-state index in [4.69, 9.17) is 4.98 Å². The van der Waals surface area contributed by atoms with Crippen LogP contribution >= 0.6 is 11.3 Å². The van der Waals surface area contributed by atoms with Gasteiger partial charge in [-0.15, -0.1) is 11.3 Å². The molecule has 8 aromatic rings. The Balaban J connectivity index is 1.39. The monoisotopic (exact) mass is 598 g/mol. The summed E-state index contributed by atoms with van der Waals surface area (Å²) in [6, 6.07) is 30.1. The molecule has 3 heterocycles. The van der Waals surface area contributed by atoms with Crippen LogP contribution in [0.4, 0.5) is 13.2 Å². The van der Waals surface area contributed by atoms with Gasteiger partial charge in [-0.1, -0.05) is 66.7 Å². The second-order valence-corrected chi connectivity index (χ2v) is 12.6. The normalized spacial score (nSPS) is 12.8. The minimum atomic E-state index is -5.77. The van der Waals surface area contributed by atoms with Gasteiger partial charge in [-0.3, -0.25) is 4.40 Å². The average Bonchev–Trinajstić information content (AvgIpc) is 3.56. The van der Waals surface area contributed by atoms with Crippen molar-refractivity contribution in [3.8, 4) is 16.9 Å². The van der Waals surface area contributed by atoms with E-state index in [0.29, 0.717) is 5.56 Å². The van der Waals surface area contributed by atoms with Crippen LogP contribution in [0.25, 0.3) is 69.5 Å². The fourth-order valence-corrected chi connectivity index (χ4v) is 7.35. The summed E-state index contributed by atoms with van der Waals surface area (Å²) >= 11 is 1.69. The highest BCUT2D eigenvalue weighted by Gasteiger charge is 2.48. The number of halogens is 3. The Kier molecular flexibility index (Phi) is 5.17. The number of hydrogen-bond acceptors (Lipinski definition) is 5. The molecule has 0 aliphatic heterocycles. The van der Waals surface area contributed by atoms with Crippen LogP contribution in [-0.2, 0) is 10.1 Å². The topological polar surface area (TPSA) is 60.7 Å². The summed E-state index contributed by atoms with van der Waals surface area (Å²) in [4.78, 5) is 5.17. The first-order chi connectivity index (χ1) is 20.2. The average molecular weight is 599 g/mol. The molecule has 0 bridgehead atoms. The van der Waals surface area contributed by atoms with Gasteiger partial charge in [0.2, 0.25) is 0 Å². The van der Waals surface area contributed by atoms with E-state index in [2.05, 4.69) is 38.9 Å². The second kappa shape index (κ2) is 8.67. The molecule has 5 aromatic carbocycles. The third kappa shape index (κ3) is 3.61. The highest BCUT2D eigenvalue weighted by Crippen LogP contribution is 2.43. The van der Waals surface area contributed by atoms with Crippen LogP contribution in [0.1, 0.15) is 0 Å². The lowest BCUT2D eigenvalue weighted by atomic mass is 9.99. The lowest BCUT2D eigenvalue weighted by molar-refractivity contribution is -0.0500. The van der Waals surface area contributed by atoms with Crippen LogP contribution < -0.4 is 4.18 Å². The van der Waals surface area contributed by atoms with Crippen molar-refractivity contribution >= 4 is 79.9 Å². The fourth-order valence-electron chi connectivity index (χ4n) is 5.70. The fraction of sp³-hybridized carbons (Fsp3) is 0.0312.